The summed E-state index contributed by atoms with van der Waals surface area (Å²) in [6.45, 7) is 2.78. The zero-order valence-electron chi connectivity index (χ0n) is 29.6. The van der Waals surface area contributed by atoms with Gasteiger partial charge in [-0.3, -0.25) is 23.4 Å². The van der Waals surface area contributed by atoms with Crippen molar-refractivity contribution in [3.05, 3.63) is 0 Å². The Morgan fingerprint density at radius 3 is 1.34 bits per heavy atom. The summed E-state index contributed by atoms with van der Waals surface area (Å²) in [5.41, 5.74) is 5.31. The van der Waals surface area contributed by atoms with E-state index < -0.39 is 51.1 Å². The van der Waals surface area contributed by atoms with Crippen LogP contribution in [-0.4, -0.2) is 59.9 Å². The monoisotopic (exact) mass is 693 g/mol. The standard InChI is InChI=1S/C35H68NO10P/c1-3-5-7-9-11-13-15-17-19-21-23-25-27-34(38)46-31(29-44-47(41,42)45-30-32(36)35(39)40)28-43-33(37)26-24-22-20-18-16-14-12-10-8-6-4-2/h31-32H,3-30,36H2,1-2H3,(H,39,40)(H,41,42)/t31-,32+/m1/s1. The van der Waals surface area contributed by atoms with Gasteiger partial charge in [0, 0.05) is 12.8 Å². The van der Waals surface area contributed by atoms with Gasteiger partial charge in [-0.05, 0) is 12.8 Å². The topological polar surface area (TPSA) is 172 Å². The van der Waals surface area contributed by atoms with Crippen LogP contribution in [0.4, 0.5) is 0 Å². The van der Waals surface area contributed by atoms with Gasteiger partial charge in [-0.25, -0.2) is 4.57 Å². The van der Waals surface area contributed by atoms with Crippen molar-refractivity contribution in [2.45, 2.75) is 187 Å². The molecule has 0 aliphatic heterocycles. The third-order valence-electron chi connectivity index (χ3n) is 8.11. The minimum absolute atomic E-state index is 0.168. The molecule has 1 unspecified atom stereocenters. The summed E-state index contributed by atoms with van der Waals surface area (Å²) in [7, 11) is -4.70. The molecule has 12 heteroatoms. The molecule has 0 rings (SSSR count). The highest BCUT2D eigenvalue weighted by molar-refractivity contribution is 7.47. The molecule has 0 spiro atoms. The number of esters is 2. The quantitative estimate of drug-likeness (QED) is 0.0329. The van der Waals surface area contributed by atoms with E-state index in [0.717, 1.165) is 38.5 Å². The first-order valence-electron chi connectivity index (χ1n) is 18.6. The molecule has 11 nitrogen and oxygen atoms in total. The fourth-order valence-corrected chi connectivity index (χ4v) is 5.90. The minimum Gasteiger partial charge on any atom is -0.480 e. The van der Waals surface area contributed by atoms with Crippen LogP contribution in [0.5, 0.6) is 0 Å². The first-order valence-corrected chi connectivity index (χ1v) is 20.1. The Hall–Kier alpha value is -1.52. The van der Waals surface area contributed by atoms with Crippen molar-refractivity contribution >= 4 is 25.7 Å². The number of carbonyl (C=O) groups is 3. The van der Waals surface area contributed by atoms with E-state index >= 15 is 0 Å². The van der Waals surface area contributed by atoms with Gasteiger partial charge in [-0.2, -0.15) is 0 Å². The van der Waals surface area contributed by atoms with E-state index in [1.807, 2.05) is 0 Å². The zero-order valence-corrected chi connectivity index (χ0v) is 30.5. The molecule has 0 aliphatic carbocycles. The summed E-state index contributed by atoms with van der Waals surface area (Å²) in [5, 5.41) is 8.84. The molecular weight excluding hydrogens is 625 g/mol. The van der Waals surface area contributed by atoms with Gasteiger partial charge in [0.25, 0.3) is 0 Å². The average Bonchev–Trinajstić information content (AvgIpc) is 3.04. The number of rotatable bonds is 35. The third-order valence-corrected chi connectivity index (χ3v) is 9.06. The number of phosphoric ester groups is 1. The Bertz CT molecular complexity index is 828. The van der Waals surface area contributed by atoms with Crippen molar-refractivity contribution < 1.29 is 47.5 Å². The predicted molar refractivity (Wildman–Crippen MR) is 185 cm³/mol. The zero-order chi connectivity index (χ0) is 35.0. The van der Waals surface area contributed by atoms with E-state index in [2.05, 4.69) is 18.4 Å². The molecule has 0 saturated carbocycles. The molecule has 47 heavy (non-hydrogen) atoms. The van der Waals surface area contributed by atoms with Gasteiger partial charge in [0.15, 0.2) is 6.10 Å². The fraction of sp³-hybridized carbons (Fsp3) is 0.914. The van der Waals surface area contributed by atoms with Crippen molar-refractivity contribution in [2.24, 2.45) is 5.73 Å². The molecule has 0 heterocycles. The van der Waals surface area contributed by atoms with Crippen LogP contribution in [0.1, 0.15) is 174 Å². The van der Waals surface area contributed by atoms with E-state index in [0.29, 0.717) is 12.8 Å². The van der Waals surface area contributed by atoms with E-state index in [9.17, 15) is 23.8 Å². The number of hydrogen-bond acceptors (Lipinski definition) is 9. The van der Waals surface area contributed by atoms with Crippen LogP contribution in [-0.2, 0) is 37.5 Å². The van der Waals surface area contributed by atoms with Gasteiger partial charge in [-0.15, -0.1) is 0 Å². The smallest absolute Gasteiger partial charge is 0.472 e. The highest BCUT2D eigenvalue weighted by atomic mass is 31.2. The van der Waals surface area contributed by atoms with Crippen molar-refractivity contribution in [3.63, 3.8) is 0 Å². The summed E-state index contributed by atoms with van der Waals surface area (Å²) >= 11 is 0. The summed E-state index contributed by atoms with van der Waals surface area (Å²) in [6, 6.07) is -1.51. The Morgan fingerprint density at radius 1 is 0.574 bits per heavy atom. The molecule has 0 aromatic heterocycles. The Kier molecular flexibility index (Phi) is 30.7. The van der Waals surface area contributed by atoms with E-state index in [4.69, 9.17) is 24.8 Å². The number of carboxylic acid groups (broad SMARTS) is 1. The molecule has 0 fully saturated rings. The van der Waals surface area contributed by atoms with Gasteiger partial charge >= 0.3 is 25.7 Å². The number of phosphoric acid groups is 1. The van der Waals surface area contributed by atoms with Crippen LogP contribution < -0.4 is 5.73 Å². The van der Waals surface area contributed by atoms with E-state index in [-0.39, 0.29) is 19.4 Å². The second-order valence-electron chi connectivity index (χ2n) is 12.7. The third kappa shape index (κ3) is 31.5. The number of aliphatic carboxylic acids is 1. The summed E-state index contributed by atoms with van der Waals surface area (Å²) in [4.78, 5) is 45.6. The molecule has 0 amide bonds. The number of hydrogen-bond donors (Lipinski definition) is 3. The van der Waals surface area contributed by atoms with Crippen molar-refractivity contribution in [1.82, 2.24) is 0 Å². The van der Waals surface area contributed by atoms with Gasteiger partial charge in [0.05, 0.1) is 13.2 Å². The normalized spacial score (nSPS) is 14.0. The second kappa shape index (κ2) is 31.7. The van der Waals surface area contributed by atoms with Gasteiger partial charge in [-0.1, -0.05) is 149 Å². The SMILES string of the molecule is CCCCCCCCCCCCCCC(=O)O[C@H](COC(=O)CCCCCCCCCCCCC)COP(=O)(O)OC[C@H](N)C(=O)O. The van der Waals surface area contributed by atoms with Crippen LogP contribution in [0.25, 0.3) is 0 Å². The number of carboxylic acids is 1. The van der Waals surface area contributed by atoms with Crippen LogP contribution >= 0.6 is 7.82 Å². The Morgan fingerprint density at radius 2 is 0.936 bits per heavy atom. The van der Waals surface area contributed by atoms with Crippen molar-refractivity contribution in [2.75, 3.05) is 19.8 Å². The molecule has 278 valence electrons. The number of ether oxygens (including phenoxy) is 2. The molecule has 0 radical (unpaired) electrons. The number of unbranched alkanes of at least 4 members (excludes halogenated alkanes) is 21. The van der Waals surface area contributed by atoms with Crippen LogP contribution in [0.3, 0.4) is 0 Å². The maximum Gasteiger partial charge on any atom is 0.472 e. The fourth-order valence-electron chi connectivity index (χ4n) is 5.12. The summed E-state index contributed by atoms with van der Waals surface area (Å²) in [6.07, 6.45) is 26.0. The average molecular weight is 694 g/mol. The summed E-state index contributed by atoms with van der Waals surface area (Å²) in [5.74, 6) is -2.37. The molecule has 3 atom stereocenters. The lowest BCUT2D eigenvalue weighted by molar-refractivity contribution is -0.161. The maximum atomic E-state index is 12.5. The van der Waals surface area contributed by atoms with Gasteiger partial charge < -0.3 is 25.2 Å². The Labute approximate surface area is 285 Å². The first kappa shape index (κ1) is 45.5. The highest BCUT2D eigenvalue weighted by Gasteiger charge is 2.28. The Balaban J connectivity index is 4.44. The molecule has 0 saturated heterocycles. The largest absolute Gasteiger partial charge is 0.480 e. The minimum atomic E-state index is -4.70. The van der Waals surface area contributed by atoms with Crippen molar-refractivity contribution in [1.29, 1.82) is 0 Å². The van der Waals surface area contributed by atoms with Gasteiger partial charge in [0.1, 0.15) is 12.6 Å². The lowest BCUT2D eigenvalue weighted by Crippen LogP contribution is -2.34. The lowest BCUT2D eigenvalue weighted by atomic mass is 10.0. The van der Waals surface area contributed by atoms with Crippen LogP contribution in [0.2, 0.25) is 0 Å². The molecular formula is C35H68NO10P. The van der Waals surface area contributed by atoms with Crippen LogP contribution in [0.15, 0.2) is 0 Å². The van der Waals surface area contributed by atoms with Gasteiger partial charge in [0.2, 0.25) is 0 Å². The molecule has 0 aromatic rings. The predicted octanol–water partition coefficient (Wildman–Crippen LogP) is 8.78. The van der Waals surface area contributed by atoms with Crippen LogP contribution in [0, 0.1) is 0 Å². The number of nitrogens with two attached hydrogens (primary N) is 1. The molecule has 0 aromatic carbocycles. The second-order valence-corrected chi connectivity index (χ2v) is 14.2. The van der Waals surface area contributed by atoms with Crippen molar-refractivity contribution in [3.8, 4) is 0 Å². The van der Waals surface area contributed by atoms with E-state index in [1.54, 1.807) is 0 Å². The van der Waals surface area contributed by atoms with E-state index in [1.165, 1.54) is 96.3 Å². The summed E-state index contributed by atoms with van der Waals surface area (Å²) < 4.78 is 32.5. The maximum absolute atomic E-state index is 12.5. The molecule has 0 bridgehead atoms. The first-order chi connectivity index (χ1) is 22.6. The molecule has 4 N–H and O–H groups in total. The molecule has 0 aliphatic rings. The lowest BCUT2D eigenvalue weighted by Gasteiger charge is -2.20. The number of carbonyl (C=O) groups excluding carboxylic acids is 2. The highest BCUT2D eigenvalue weighted by Crippen LogP contribution is 2.43.